The summed E-state index contributed by atoms with van der Waals surface area (Å²) in [6, 6.07) is 0. The molecule has 1 aliphatic heterocycles. The number of ether oxygens (including phenoxy) is 2. The standard InChI is InChI=1S/C11H20O4.C9H10Cl2N4.C9H11ClN4O.C9H12N4O2.C2H4N4/c1-6-14-9(12)8(11(3,4)5)10(13)15-7-2;1-9(2,3)5-6(10)14-8-12-4-13-15(8)7(5)11;1-9(2,3)5-6(10)13-8-11-4-12-14(8)7(5)15;1-9(2,3)5-6(14)12-8-10-4-11-13(8)7(5)15;3-2-4-1-5-6-2/h8H,6-7H2,1-5H3;4H,1-3H3;4H,1-3H3,(H,11,12,13);4-5H,1-3H3,(H,10,11,12,14);1H,(H3,3,4,5,6). The number of hydrogen-bond donors (Lipinski definition) is 4. The molecule has 0 bridgehead atoms. The third-order valence-electron chi connectivity index (χ3n) is 8.93. The van der Waals surface area contributed by atoms with Gasteiger partial charge in [0.1, 0.15) is 46.7 Å². The lowest BCUT2D eigenvalue weighted by atomic mass is 9.79. The van der Waals surface area contributed by atoms with Crippen LogP contribution in [0, 0.1) is 22.7 Å². The molecule has 7 heterocycles. The zero-order valence-electron chi connectivity index (χ0n) is 39.3. The Labute approximate surface area is 395 Å². The average Bonchev–Trinajstić information content (AvgIpc) is 4.00. The Bertz CT molecular complexity index is 2650. The first-order chi connectivity index (χ1) is 30.5. The molecule has 360 valence electrons. The number of nitrogens with one attached hydrogen (secondary N) is 3. The minimum atomic E-state index is -0.850. The molecular formula is C40H57Cl3N16O7. The summed E-state index contributed by atoms with van der Waals surface area (Å²) in [6.07, 6.45) is 5.41. The van der Waals surface area contributed by atoms with E-state index in [2.05, 4.69) is 60.7 Å². The maximum atomic E-state index is 12.0. The number of fused-ring (bicyclic) bond motifs is 3. The zero-order chi connectivity index (χ0) is 50.1. The molecule has 26 heteroatoms. The second-order valence-corrected chi connectivity index (χ2v) is 19.5. The van der Waals surface area contributed by atoms with Gasteiger partial charge in [-0.05, 0) is 35.5 Å². The molecular weight excluding hydrogens is 923 g/mol. The fraction of sp³-hybridized carbons (Fsp3) is 0.550. The SMILES string of the molecule is CC(C)(C)C1C(=O)Nc2ncnn2C1=O.CC(C)(C)c1c(Cl)nc2nc[nH]n2c1=O.CC(C)(C)c1c(Cl)nc2ncnn2c1Cl.CCOC(=O)C(C(=O)OCC)C(C)(C)C.Nc1ncn[nH]1. The van der Waals surface area contributed by atoms with E-state index in [0.717, 1.165) is 10.2 Å². The lowest BCUT2D eigenvalue weighted by molar-refractivity contribution is -0.166. The fourth-order valence-electron chi connectivity index (χ4n) is 6.00. The van der Waals surface area contributed by atoms with E-state index in [1.807, 2.05) is 83.1 Å². The lowest BCUT2D eigenvalue weighted by Crippen LogP contribution is -2.46. The van der Waals surface area contributed by atoms with Gasteiger partial charge in [-0.1, -0.05) is 118 Å². The second kappa shape index (κ2) is 21.9. The van der Waals surface area contributed by atoms with Crippen molar-refractivity contribution in [2.75, 3.05) is 24.3 Å². The van der Waals surface area contributed by atoms with Gasteiger partial charge in [0.15, 0.2) is 5.92 Å². The van der Waals surface area contributed by atoms with Crippen LogP contribution in [0.15, 0.2) is 30.1 Å². The molecule has 23 nitrogen and oxygen atoms in total. The summed E-state index contributed by atoms with van der Waals surface area (Å²) in [4.78, 5) is 82.1. The number of amides is 1. The summed E-state index contributed by atoms with van der Waals surface area (Å²) >= 11 is 18.3. The van der Waals surface area contributed by atoms with Gasteiger partial charge in [-0.3, -0.25) is 34.4 Å². The number of nitrogen functional groups attached to an aromatic ring is 1. The predicted molar refractivity (Wildman–Crippen MR) is 246 cm³/mol. The van der Waals surface area contributed by atoms with Crippen LogP contribution in [0.1, 0.15) is 113 Å². The van der Waals surface area contributed by atoms with Crippen molar-refractivity contribution >= 4 is 82.0 Å². The van der Waals surface area contributed by atoms with E-state index in [0.29, 0.717) is 27.6 Å². The van der Waals surface area contributed by atoms with Crippen molar-refractivity contribution in [1.29, 1.82) is 0 Å². The number of rotatable bonds is 4. The Morgan fingerprint density at radius 2 is 1.30 bits per heavy atom. The molecule has 66 heavy (non-hydrogen) atoms. The smallest absolute Gasteiger partial charge is 0.320 e. The fourth-order valence-corrected chi connectivity index (χ4v) is 7.43. The van der Waals surface area contributed by atoms with Gasteiger partial charge in [-0.25, -0.2) is 15.1 Å². The third-order valence-corrected chi connectivity index (χ3v) is 9.82. The van der Waals surface area contributed by atoms with E-state index in [1.54, 1.807) is 13.8 Å². The van der Waals surface area contributed by atoms with Crippen LogP contribution in [-0.4, -0.2) is 106 Å². The van der Waals surface area contributed by atoms with Crippen LogP contribution in [0.25, 0.3) is 11.6 Å². The van der Waals surface area contributed by atoms with E-state index >= 15 is 0 Å². The lowest BCUT2D eigenvalue weighted by Gasteiger charge is -2.30. The van der Waals surface area contributed by atoms with E-state index in [9.17, 15) is 24.0 Å². The van der Waals surface area contributed by atoms with Gasteiger partial charge in [0.2, 0.25) is 17.8 Å². The first-order valence-corrected chi connectivity index (χ1v) is 21.5. The minimum absolute atomic E-state index is 0.179. The number of halogens is 3. The molecule has 7 rings (SSSR count). The van der Waals surface area contributed by atoms with Crippen LogP contribution in [0.3, 0.4) is 0 Å². The van der Waals surface area contributed by atoms with Crippen molar-refractivity contribution in [1.82, 2.24) is 69.1 Å². The van der Waals surface area contributed by atoms with Gasteiger partial charge in [0.05, 0.1) is 18.8 Å². The summed E-state index contributed by atoms with van der Waals surface area (Å²) in [6.45, 7) is 26.7. The quantitative estimate of drug-likeness (QED) is 0.0922. The molecule has 5 N–H and O–H groups in total. The highest BCUT2D eigenvalue weighted by molar-refractivity contribution is 6.35. The number of aromatic nitrogens is 14. The van der Waals surface area contributed by atoms with Crippen LogP contribution in [0.2, 0.25) is 15.5 Å². The van der Waals surface area contributed by atoms with E-state index < -0.39 is 34.6 Å². The Balaban J connectivity index is 0.000000224. The molecule has 6 aromatic heterocycles. The van der Waals surface area contributed by atoms with Crippen molar-refractivity contribution < 1.29 is 28.7 Å². The molecule has 0 spiro atoms. The van der Waals surface area contributed by atoms with Crippen molar-refractivity contribution in [3.63, 3.8) is 0 Å². The Morgan fingerprint density at radius 1 is 0.758 bits per heavy atom. The van der Waals surface area contributed by atoms with Crippen LogP contribution in [0.4, 0.5) is 11.9 Å². The number of nitrogens with zero attached hydrogens (tertiary/aromatic N) is 12. The van der Waals surface area contributed by atoms with Crippen LogP contribution >= 0.6 is 34.8 Å². The molecule has 0 aromatic carbocycles. The van der Waals surface area contributed by atoms with Gasteiger partial charge >= 0.3 is 11.9 Å². The molecule has 0 fully saturated rings. The van der Waals surface area contributed by atoms with Gasteiger partial charge in [0.25, 0.3) is 23.0 Å². The summed E-state index contributed by atoms with van der Waals surface area (Å²) in [5, 5.41) is 20.0. The van der Waals surface area contributed by atoms with Crippen molar-refractivity contribution in [2.24, 2.45) is 22.7 Å². The predicted octanol–water partition coefficient (Wildman–Crippen LogP) is 5.79. The maximum absolute atomic E-state index is 12.0. The first kappa shape index (κ1) is 54.3. The van der Waals surface area contributed by atoms with Gasteiger partial charge in [0, 0.05) is 5.56 Å². The molecule has 1 amide bonds. The highest BCUT2D eigenvalue weighted by atomic mass is 35.5. The molecule has 1 atom stereocenters. The molecule has 1 unspecified atom stereocenters. The Morgan fingerprint density at radius 3 is 1.77 bits per heavy atom. The van der Waals surface area contributed by atoms with Gasteiger partial charge < -0.3 is 15.2 Å². The zero-order valence-corrected chi connectivity index (χ0v) is 41.6. The number of aromatic amines is 2. The third kappa shape index (κ3) is 13.7. The van der Waals surface area contributed by atoms with Crippen LogP contribution < -0.4 is 16.6 Å². The number of carbonyl (C=O) groups excluding carboxylic acids is 4. The van der Waals surface area contributed by atoms with Crippen LogP contribution in [0.5, 0.6) is 0 Å². The van der Waals surface area contributed by atoms with Crippen LogP contribution in [-0.2, 0) is 34.7 Å². The Hall–Kier alpha value is -6.07. The molecule has 6 aromatic rings. The second-order valence-electron chi connectivity index (χ2n) is 18.4. The molecule has 0 saturated carbocycles. The first-order valence-electron chi connectivity index (χ1n) is 20.3. The van der Waals surface area contributed by atoms with Crippen molar-refractivity contribution in [3.05, 3.63) is 62.2 Å². The van der Waals surface area contributed by atoms with E-state index in [1.165, 1.54) is 34.3 Å². The molecule has 0 saturated heterocycles. The molecule has 0 aliphatic carbocycles. The van der Waals surface area contributed by atoms with E-state index in [-0.39, 0.29) is 58.3 Å². The number of nitrogens with two attached hydrogens (primary N) is 1. The normalized spacial score (nSPS) is 13.8. The van der Waals surface area contributed by atoms with Gasteiger partial charge in [-0.2, -0.15) is 48.9 Å². The Kier molecular flexibility index (Phi) is 18.0. The number of esters is 2. The largest absolute Gasteiger partial charge is 0.465 e. The minimum Gasteiger partial charge on any atom is -0.465 e. The average molecular weight is 980 g/mol. The summed E-state index contributed by atoms with van der Waals surface area (Å²) in [5.41, 5.74) is 4.69. The molecule has 0 radical (unpaired) electrons. The van der Waals surface area contributed by atoms with Crippen molar-refractivity contribution in [3.8, 4) is 0 Å². The number of hydrogen-bond acceptors (Lipinski definition) is 17. The number of H-pyrrole nitrogens is 2. The monoisotopic (exact) mass is 978 g/mol. The highest BCUT2D eigenvalue weighted by Crippen LogP contribution is 2.35. The van der Waals surface area contributed by atoms with E-state index in [4.69, 9.17) is 50.0 Å². The molecule has 1 aliphatic rings. The number of carbonyl (C=O) groups is 4. The summed E-state index contributed by atoms with van der Waals surface area (Å²) in [5.74, 6) is -1.96. The van der Waals surface area contributed by atoms with Crippen molar-refractivity contribution in [2.45, 2.75) is 108 Å². The maximum Gasteiger partial charge on any atom is 0.320 e. The number of anilines is 2. The summed E-state index contributed by atoms with van der Waals surface area (Å²) in [7, 11) is 0. The van der Waals surface area contributed by atoms with Gasteiger partial charge in [-0.15, -0.1) is 0 Å². The summed E-state index contributed by atoms with van der Waals surface area (Å²) < 4.78 is 13.6. The topological polar surface area (TPSA) is 303 Å². The highest BCUT2D eigenvalue weighted by Gasteiger charge is 2.43.